The Balaban J connectivity index is 2.69. The molecule has 0 aromatic carbocycles. The monoisotopic (exact) mass is 198 g/mol. The van der Waals surface area contributed by atoms with Crippen molar-refractivity contribution in [2.75, 3.05) is 6.61 Å². The van der Waals surface area contributed by atoms with Gasteiger partial charge in [-0.25, -0.2) is 0 Å². The molecule has 0 fully saturated rings. The van der Waals surface area contributed by atoms with Gasteiger partial charge in [-0.2, -0.15) is 0 Å². The van der Waals surface area contributed by atoms with Gasteiger partial charge < -0.3 is 5.11 Å². The molecule has 13 heavy (non-hydrogen) atoms. The molecule has 0 aliphatic rings. The van der Waals surface area contributed by atoms with E-state index < -0.39 is 0 Å². The highest BCUT2D eigenvalue weighted by atomic mass is 32.1. The van der Waals surface area contributed by atoms with Crippen molar-refractivity contribution < 1.29 is 5.11 Å². The maximum atomic E-state index is 9.36. The molecule has 1 rings (SSSR count). The van der Waals surface area contributed by atoms with Crippen LogP contribution in [0.2, 0.25) is 0 Å². The van der Waals surface area contributed by atoms with Gasteiger partial charge in [-0.3, -0.25) is 0 Å². The van der Waals surface area contributed by atoms with E-state index in [2.05, 4.69) is 38.3 Å². The maximum absolute atomic E-state index is 9.36. The summed E-state index contributed by atoms with van der Waals surface area (Å²) >= 11 is 1.77. The molecule has 0 saturated heterocycles. The van der Waals surface area contributed by atoms with Gasteiger partial charge in [-0.1, -0.05) is 26.8 Å². The number of aliphatic hydroxyl groups is 1. The van der Waals surface area contributed by atoms with Gasteiger partial charge in [0, 0.05) is 11.5 Å². The first-order valence-corrected chi connectivity index (χ1v) is 5.60. The fourth-order valence-electron chi connectivity index (χ4n) is 1.25. The van der Waals surface area contributed by atoms with Gasteiger partial charge in [-0.05, 0) is 29.2 Å². The van der Waals surface area contributed by atoms with E-state index in [0.717, 1.165) is 6.42 Å². The Morgan fingerprint density at radius 1 is 1.54 bits per heavy atom. The normalized spacial score (nSPS) is 16.1. The van der Waals surface area contributed by atoms with E-state index in [4.69, 9.17) is 0 Å². The number of thiophene rings is 1. The van der Waals surface area contributed by atoms with E-state index in [9.17, 15) is 5.11 Å². The number of rotatable bonds is 4. The molecule has 1 N–H and O–H groups in total. The molecule has 0 bridgehead atoms. The lowest BCUT2D eigenvalue weighted by atomic mass is 9.77. The van der Waals surface area contributed by atoms with Crippen LogP contribution in [0.1, 0.15) is 25.6 Å². The standard InChI is InChI=1S/C11H18OS/c1-9(2)11(3,8-12)7-10-5-4-6-13-10/h4-6,9,12H,7-8H2,1-3H3. The first kappa shape index (κ1) is 10.7. The lowest BCUT2D eigenvalue weighted by Gasteiger charge is -2.31. The Labute approximate surface area is 84.4 Å². The van der Waals surface area contributed by atoms with Gasteiger partial charge in [-0.15, -0.1) is 11.3 Å². The van der Waals surface area contributed by atoms with Gasteiger partial charge in [0.2, 0.25) is 0 Å². The van der Waals surface area contributed by atoms with Crippen LogP contribution in [-0.4, -0.2) is 11.7 Å². The molecule has 1 aromatic heterocycles. The molecular formula is C11H18OS. The summed E-state index contributed by atoms with van der Waals surface area (Å²) in [7, 11) is 0. The van der Waals surface area contributed by atoms with Crippen LogP contribution in [0.25, 0.3) is 0 Å². The van der Waals surface area contributed by atoms with Crippen LogP contribution in [0.4, 0.5) is 0 Å². The lowest BCUT2D eigenvalue weighted by molar-refractivity contribution is 0.0956. The molecule has 1 aromatic rings. The zero-order valence-corrected chi connectivity index (χ0v) is 9.40. The molecule has 0 radical (unpaired) electrons. The average molecular weight is 198 g/mol. The summed E-state index contributed by atoms with van der Waals surface area (Å²) in [5.41, 5.74) is 0.0326. The Morgan fingerprint density at radius 3 is 2.62 bits per heavy atom. The first-order chi connectivity index (χ1) is 6.08. The zero-order chi connectivity index (χ0) is 9.90. The average Bonchev–Trinajstić information content (AvgIpc) is 2.56. The summed E-state index contributed by atoms with van der Waals surface area (Å²) in [5.74, 6) is 0.514. The van der Waals surface area contributed by atoms with Crippen LogP contribution < -0.4 is 0 Å². The second-order valence-electron chi connectivity index (χ2n) is 4.22. The highest BCUT2D eigenvalue weighted by molar-refractivity contribution is 7.09. The number of hydrogen-bond donors (Lipinski definition) is 1. The maximum Gasteiger partial charge on any atom is 0.0490 e. The predicted octanol–water partition coefficient (Wildman–Crippen LogP) is 2.95. The minimum absolute atomic E-state index is 0.0326. The Kier molecular flexibility index (Phi) is 3.51. The highest BCUT2D eigenvalue weighted by Gasteiger charge is 2.27. The van der Waals surface area contributed by atoms with E-state index in [1.54, 1.807) is 11.3 Å². The molecule has 74 valence electrons. The lowest BCUT2D eigenvalue weighted by Crippen LogP contribution is -2.30. The van der Waals surface area contributed by atoms with Crippen molar-refractivity contribution in [1.82, 2.24) is 0 Å². The molecule has 0 aliphatic heterocycles. The highest BCUT2D eigenvalue weighted by Crippen LogP contribution is 2.31. The van der Waals surface area contributed by atoms with Crippen molar-refractivity contribution in [3.05, 3.63) is 22.4 Å². The third-order valence-electron chi connectivity index (χ3n) is 2.91. The number of aliphatic hydroxyl groups excluding tert-OH is 1. The summed E-state index contributed by atoms with van der Waals surface area (Å²) in [6.07, 6.45) is 0.985. The summed E-state index contributed by atoms with van der Waals surface area (Å²) in [5, 5.41) is 11.4. The van der Waals surface area contributed by atoms with E-state index in [1.165, 1.54) is 4.88 Å². The van der Waals surface area contributed by atoms with Crippen molar-refractivity contribution in [2.24, 2.45) is 11.3 Å². The molecule has 0 amide bonds. The molecule has 1 nitrogen and oxygen atoms in total. The second kappa shape index (κ2) is 4.25. The van der Waals surface area contributed by atoms with E-state index in [1.807, 2.05) is 0 Å². The summed E-state index contributed by atoms with van der Waals surface area (Å²) < 4.78 is 0. The van der Waals surface area contributed by atoms with Gasteiger partial charge in [0.05, 0.1) is 0 Å². The fraction of sp³-hybridized carbons (Fsp3) is 0.636. The van der Waals surface area contributed by atoms with Gasteiger partial charge in [0.1, 0.15) is 0 Å². The SMILES string of the molecule is CC(C)C(C)(CO)Cc1cccs1. The topological polar surface area (TPSA) is 20.2 Å². The largest absolute Gasteiger partial charge is 0.396 e. The van der Waals surface area contributed by atoms with Crippen molar-refractivity contribution in [3.63, 3.8) is 0 Å². The van der Waals surface area contributed by atoms with Gasteiger partial charge in [0.15, 0.2) is 0 Å². The van der Waals surface area contributed by atoms with Crippen LogP contribution in [0.5, 0.6) is 0 Å². The minimum atomic E-state index is 0.0326. The molecular weight excluding hydrogens is 180 g/mol. The second-order valence-corrected chi connectivity index (χ2v) is 5.26. The molecule has 0 saturated carbocycles. The van der Waals surface area contributed by atoms with Crippen LogP contribution in [0, 0.1) is 11.3 Å². The summed E-state index contributed by atoms with van der Waals surface area (Å²) in [6, 6.07) is 4.21. The minimum Gasteiger partial charge on any atom is -0.396 e. The van der Waals surface area contributed by atoms with E-state index >= 15 is 0 Å². The van der Waals surface area contributed by atoms with Crippen molar-refractivity contribution in [3.8, 4) is 0 Å². The molecule has 2 heteroatoms. The molecule has 1 unspecified atom stereocenters. The molecule has 0 aliphatic carbocycles. The van der Waals surface area contributed by atoms with Crippen molar-refractivity contribution in [1.29, 1.82) is 0 Å². The predicted molar refractivity (Wildman–Crippen MR) is 58.1 cm³/mol. The van der Waals surface area contributed by atoms with E-state index in [0.29, 0.717) is 5.92 Å². The molecule has 1 heterocycles. The third kappa shape index (κ3) is 2.55. The summed E-state index contributed by atoms with van der Waals surface area (Å²) in [4.78, 5) is 1.37. The fourth-order valence-corrected chi connectivity index (χ4v) is 2.16. The first-order valence-electron chi connectivity index (χ1n) is 4.72. The summed E-state index contributed by atoms with van der Waals surface area (Å²) in [6.45, 7) is 6.76. The smallest absolute Gasteiger partial charge is 0.0490 e. The van der Waals surface area contributed by atoms with Crippen LogP contribution in [0.15, 0.2) is 17.5 Å². The van der Waals surface area contributed by atoms with Crippen molar-refractivity contribution in [2.45, 2.75) is 27.2 Å². The van der Waals surface area contributed by atoms with Gasteiger partial charge in [0.25, 0.3) is 0 Å². The Morgan fingerprint density at radius 2 is 2.23 bits per heavy atom. The van der Waals surface area contributed by atoms with E-state index in [-0.39, 0.29) is 12.0 Å². The Hall–Kier alpha value is -0.340. The van der Waals surface area contributed by atoms with Crippen molar-refractivity contribution >= 4 is 11.3 Å². The van der Waals surface area contributed by atoms with Crippen LogP contribution >= 0.6 is 11.3 Å². The Bertz CT molecular complexity index is 241. The molecule has 0 spiro atoms. The third-order valence-corrected chi connectivity index (χ3v) is 3.79. The quantitative estimate of drug-likeness (QED) is 0.788. The number of hydrogen-bond acceptors (Lipinski definition) is 2. The molecule has 1 atom stereocenters. The van der Waals surface area contributed by atoms with Crippen LogP contribution in [0.3, 0.4) is 0 Å². The van der Waals surface area contributed by atoms with Gasteiger partial charge >= 0.3 is 0 Å². The van der Waals surface area contributed by atoms with Crippen LogP contribution in [-0.2, 0) is 6.42 Å². The zero-order valence-electron chi connectivity index (χ0n) is 8.58.